The van der Waals surface area contributed by atoms with Crippen LogP contribution in [0.25, 0.3) is 22.1 Å². The van der Waals surface area contributed by atoms with Crippen LogP contribution in [0, 0.1) is 0 Å². The smallest absolute Gasteiger partial charge is 0.196 e. The quantitative estimate of drug-likeness (QED) is 0.489. The molecule has 4 aromatic rings. The third-order valence-corrected chi connectivity index (χ3v) is 4.33. The average Bonchev–Trinajstić information content (AvgIpc) is 2.97. The number of aryl methyl sites for hydroxylation is 1. The van der Waals surface area contributed by atoms with Crippen molar-refractivity contribution in [2.45, 2.75) is 13.3 Å². The van der Waals surface area contributed by atoms with Crippen molar-refractivity contribution in [2.75, 3.05) is 5.32 Å². The lowest BCUT2D eigenvalue weighted by Crippen LogP contribution is -2.00. The summed E-state index contributed by atoms with van der Waals surface area (Å²) >= 11 is 12.3. The topological polar surface area (TPSA) is 51.0 Å². The number of furan rings is 1. The predicted octanol–water partition coefficient (Wildman–Crippen LogP) is 5.99. The Labute approximate surface area is 148 Å². The Morgan fingerprint density at radius 2 is 1.92 bits per heavy atom. The Morgan fingerprint density at radius 1 is 1.08 bits per heavy atom. The van der Waals surface area contributed by atoms with Gasteiger partial charge in [0.2, 0.25) is 0 Å². The SMILES string of the molecule is CCc1nc(Nc2cc(Cl)ccc2Cl)c2oc3ccccc3c2n1. The largest absolute Gasteiger partial charge is 0.450 e. The molecule has 0 spiro atoms. The molecule has 120 valence electrons. The molecule has 24 heavy (non-hydrogen) atoms. The molecule has 1 N–H and O–H groups in total. The van der Waals surface area contributed by atoms with Crippen LogP contribution in [-0.4, -0.2) is 9.97 Å². The van der Waals surface area contributed by atoms with E-state index in [4.69, 9.17) is 27.6 Å². The molecular formula is C18H13Cl2N3O. The van der Waals surface area contributed by atoms with E-state index in [9.17, 15) is 0 Å². The van der Waals surface area contributed by atoms with Crippen LogP contribution < -0.4 is 5.32 Å². The molecule has 0 unspecified atom stereocenters. The standard InChI is InChI=1S/C18H13Cl2N3O/c1-2-15-22-16-11-5-3-4-6-14(11)24-17(16)18(23-15)21-13-9-10(19)7-8-12(13)20/h3-9H,2H2,1H3,(H,21,22,23). The number of para-hydroxylation sites is 1. The summed E-state index contributed by atoms with van der Waals surface area (Å²) in [5.41, 5.74) is 2.84. The summed E-state index contributed by atoms with van der Waals surface area (Å²) < 4.78 is 5.96. The first-order chi connectivity index (χ1) is 11.7. The minimum Gasteiger partial charge on any atom is -0.450 e. The van der Waals surface area contributed by atoms with Crippen molar-refractivity contribution in [1.82, 2.24) is 9.97 Å². The van der Waals surface area contributed by atoms with E-state index in [1.807, 2.05) is 31.2 Å². The molecule has 0 saturated heterocycles. The van der Waals surface area contributed by atoms with E-state index < -0.39 is 0 Å². The third-order valence-electron chi connectivity index (χ3n) is 3.76. The van der Waals surface area contributed by atoms with Gasteiger partial charge in [-0.05, 0) is 30.3 Å². The van der Waals surface area contributed by atoms with Crippen molar-refractivity contribution in [2.24, 2.45) is 0 Å². The molecule has 0 bridgehead atoms. The molecule has 0 atom stereocenters. The van der Waals surface area contributed by atoms with Crippen LogP contribution in [-0.2, 0) is 6.42 Å². The van der Waals surface area contributed by atoms with E-state index in [1.54, 1.807) is 18.2 Å². The van der Waals surface area contributed by atoms with Gasteiger partial charge in [-0.2, -0.15) is 0 Å². The fourth-order valence-electron chi connectivity index (χ4n) is 2.60. The zero-order valence-corrected chi connectivity index (χ0v) is 14.3. The Morgan fingerprint density at radius 3 is 2.75 bits per heavy atom. The second-order valence-electron chi connectivity index (χ2n) is 5.37. The lowest BCUT2D eigenvalue weighted by Gasteiger charge is -2.09. The molecule has 4 nitrogen and oxygen atoms in total. The second kappa shape index (κ2) is 5.96. The highest BCUT2D eigenvalue weighted by atomic mass is 35.5. The fourth-order valence-corrected chi connectivity index (χ4v) is 2.94. The van der Waals surface area contributed by atoms with Gasteiger partial charge >= 0.3 is 0 Å². The summed E-state index contributed by atoms with van der Waals surface area (Å²) in [5, 5.41) is 5.34. The summed E-state index contributed by atoms with van der Waals surface area (Å²) in [4.78, 5) is 9.18. The summed E-state index contributed by atoms with van der Waals surface area (Å²) in [5.74, 6) is 1.31. The number of hydrogen-bond acceptors (Lipinski definition) is 4. The highest BCUT2D eigenvalue weighted by molar-refractivity contribution is 6.35. The van der Waals surface area contributed by atoms with Crippen LogP contribution in [0.1, 0.15) is 12.7 Å². The molecule has 0 fully saturated rings. The Hall–Kier alpha value is -2.30. The third kappa shape index (κ3) is 2.58. The highest BCUT2D eigenvalue weighted by Gasteiger charge is 2.16. The van der Waals surface area contributed by atoms with Crippen LogP contribution in [0.3, 0.4) is 0 Å². The van der Waals surface area contributed by atoms with Crippen molar-refractivity contribution >= 4 is 56.8 Å². The van der Waals surface area contributed by atoms with Gasteiger partial charge in [-0.3, -0.25) is 0 Å². The number of rotatable bonds is 3. The summed E-state index contributed by atoms with van der Waals surface area (Å²) in [6.45, 7) is 2.01. The van der Waals surface area contributed by atoms with Gasteiger partial charge in [-0.15, -0.1) is 0 Å². The highest BCUT2D eigenvalue weighted by Crippen LogP contribution is 2.34. The predicted molar refractivity (Wildman–Crippen MR) is 98.4 cm³/mol. The molecule has 4 rings (SSSR count). The van der Waals surface area contributed by atoms with E-state index in [1.165, 1.54) is 0 Å². The molecule has 0 amide bonds. The molecule has 0 aliphatic carbocycles. The molecule has 0 aliphatic rings. The van der Waals surface area contributed by atoms with E-state index in [-0.39, 0.29) is 0 Å². The minimum atomic E-state index is 0.556. The van der Waals surface area contributed by atoms with Gasteiger partial charge in [0.05, 0.1) is 10.7 Å². The number of benzene rings is 2. The molecular weight excluding hydrogens is 345 g/mol. The van der Waals surface area contributed by atoms with Gasteiger partial charge in [0.1, 0.15) is 16.9 Å². The first-order valence-corrected chi connectivity index (χ1v) is 8.31. The van der Waals surface area contributed by atoms with Crippen molar-refractivity contribution in [1.29, 1.82) is 0 Å². The lowest BCUT2D eigenvalue weighted by molar-refractivity contribution is 0.666. The number of halogens is 2. The first kappa shape index (κ1) is 15.2. The number of hydrogen-bond donors (Lipinski definition) is 1. The Bertz CT molecular complexity index is 1060. The van der Waals surface area contributed by atoms with Crippen LogP contribution in [0.5, 0.6) is 0 Å². The van der Waals surface area contributed by atoms with Gasteiger partial charge in [0.25, 0.3) is 0 Å². The van der Waals surface area contributed by atoms with Gasteiger partial charge in [0, 0.05) is 16.8 Å². The average molecular weight is 358 g/mol. The van der Waals surface area contributed by atoms with Crippen LogP contribution in [0.4, 0.5) is 11.5 Å². The number of nitrogens with zero attached hydrogens (tertiary/aromatic N) is 2. The van der Waals surface area contributed by atoms with E-state index >= 15 is 0 Å². The van der Waals surface area contributed by atoms with Gasteiger partial charge in [-0.1, -0.05) is 42.3 Å². The van der Waals surface area contributed by atoms with Crippen molar-refractivity contribution < 1.29 is 4.42 Å². The molecule has 6 heteroatoms. The summed E-state index contributed by atoms with van der Waals surface area (Å²) in [7, 11) is 0. The van der Waals surface area contributed by atoms with Gasteiger partial charge in [-0.25, -0.2) is 9.97 Å². The van der Waals surface area contributed by atoms with E-state index in [0.717, 1.165) is 22.3 Å². The second-order valence-corrected chi connectivity index (χ2v) is 6.21. The number of anilines is 2. The Balaban J connectivity index is 1.95. The molecule has 0 aliphatic heterocycles. The zero-order chi connectivity index (χ0) is 16.7. The van der Waals surface area contributed by atoms with Crippen molar-refractivity contribution in [3.05, 3.63) is 58.3 Å². The lowest BCUT2D eigenvalue weighted by atomic mass is 10.2. The maximum absolute atomic E-state index is 6.25. The monoisotopic (exact) mass is 357 g/mol. The van der Waals surface area contributed by atoms with Crippen LogP contribution >= 0.6 is 23.2 Å². The molecule has 2 aromatic heterocycles. The van der Waals surface area contributed by atoms with Gasteiger partial charge in [0.15, 0.2) is 11.4 Å². The summed E-state index contributed by atoms with van der Waals surface area (Å²) in [6, 6.07) is 13.0. The molecule has 0 radical (unpaired) electrons. The van der Waals surface area contributed by atoms with Crippen molar-refractivity contribution in [3.8, 4) is 0 Å². The zero-order valence-electron chi connectivity index (χ0n) is 12.8. The number of nitrogens with one attached hydrogen (secondary N) is 1. The number of fused-ring (bicyclic) bond motifs is 3. The number of aromatic nitrogens is 2. The maximum Gasteiger partial charge on any atom is 0.196 e. The maximum atomic E-state index is 6.25. The Kier molecular flexibility index (Phi) is 3.79. The first-order valence-electron chi connectivity index (χ1n) is 7.56. The molecule has 2 aromatic carbocycles. The summed E-state index contributed by atoms with van der Waals surface area (Å²) in [6.07, 6.45) is 0.716. The fraction of sp³-hybridized carbons (Fsp3) is 0.111. The minimum absolute atomic E-state index is 0.556. The molecule has 0 saturated carbocycles. The normalized spacial score (nSPS) is 11.3. The van der Waals surface area contributed by atoms with Crippen molar-refractivity contribution in [3.63, 3.8) is 0 Å². The molecule has 2 heterocycles. The van der Waals surface area contributed by atoms with Gasteiger partial charge < -0.3 is 9.73 Å². The van der Waals surface area contributed by atoms with Crippen LogP contribution in [0.15, 0.2) is 46.9 Å². The van der Waals surface area contributed by atoms with E-state index in [0.29, 0.717) is 33.6 Å². The van der Waals surface area contributed by atoms with E-state index in [2.05, 4.69) is 15.3 Å². The van der Waals surface area contributed by atoms with Crippen LogP contribution in [0.2, 0.25) is 10.0 Å².